The van der Waals surface area contributed by atoms with Crippen LogP contribution in [-0.4, -0.2) is 22.9 Å². The van der Waals surface area contributed by atoms with Gasteiger partial charge in [0.25, 0.3) is 5.91 Å². The minimum atomic E-state index is -0.192. The predicted molar refractivity (Wildman–Crippen MR) is 85.9 cm³/mol. The fourth-order valence-corrected chi connectivity index (χ4v) is 2.65. The van der Waals surface area contributed by atoms with Gasteiger partial charge in [-0.3, -0.25) is 4.79 Å². The molecule has 112 valence electrons. The van der Waals surface area contributed by atoms with E-state index >= 15 is 0 Å². The lowest BCUT2D eigenvalue weighted by Crippen LogP contribution is -2.28. The van der Waals surface area contributed by atoms with Crippen molar-refractivity contribution in [2.45, 2.75) is 32.7 Å². The topological polar surface area (TPSA) is 66.9 Å². The van der Waals surface area contributed by atoms with Crippen molar-refractivity contribution in [2.24, 2.45) is 0 Å². The van der Waals surface area contributed by atoms with Crippen molar-refractivity contribution in [3.8, 4) is 0 Å². The van der Waals surface area contributed by atoms with Crippen molar-refractivity contribution in [3.63, 3.8) is 0 Å². The summed E-state index contributed by atoms with van der Waals surface area (Å²) in [7, 11) is 1.76. The Labute approximate surface area is 128 Å². The molecule has 5 nitrogen and oxygen atoms in total. The molecule has 2 N–H and O–H groups in total. The average Bonchev–Trinajstić information content (AvgIpc) is 3.00. The fourth-order valence-electron chi connectivity index (χ4n) is 1.90. The predicted octanol–water partition coefficient (Wildman–Crippen LogP) is 3.19. The number of anilines is 1. The van der Waals surface area contributed by atoms with Crippen molar-refractivity contribution in [1.29, 1.82) is 0 Å². The zero-order chi connectivity index (χ0) is 15.4. The van der Waals surface area contributed by atoms with Crippen molar-refractivity contribution >= 4 is 22.9 Å². The normalized spacial score (nSPS) is 12.2. The molecule has 0 aliphatic heterocycles. The third-order valence-corrected chi connectivity index (χ3v) is 3.90. The van der Waals surface area contributed by atoms with Gasteiger partial charge < -0.3 is 10.6 Å². The largest absolute Gasteiger partial charge is 0.385 e. The Hall–Kier alpha value is -1.95. The number of aromatic nitrogens is 2. The summed E-state index contributed by atoms with van der Waals surface area (Å²) in [6, 6.07) is 1.96. The van der Waals surface area contributed by atoms with E-state index in [1.807, 2.05) is 37.6 Å². The number of hydrogen-bond acceptors (Lipinski definition) is 5. The Morgan fingerprint density at radius 1 is 1.33 bits per heavy atom. The molecule has 6 heteroatoms. The number of rotatable bonds is 5. The maximum absolute atomic E-state index is 12.5. The van der Waals surface area contributed by atoms with Crippen LogP contribution in [-0.2, 0) is 0 Å². The molecule has 0 aliphatic rings. The lowest BCUT2D eigenvalue weighted by molar-refractivity contribution is 0.0935. The number of nitrogens with one attached hydrogen (secondary N) is 2. The molecule has 0 saturated carbocycles. The average molecular weight is 304 g/mol. The molecule has 0 bridgehead atoms. The van der Waals surface area contributed by atoms with Gasteiger partial charge in [0, 0.05) is 13.0 Å². The van der Waals surface area contributed by atoms with E-state index < -0.39 is 0 Å². The first-order valence-corrected chi connectivity index (χ1v) is 7.84. The van der Waals surface area contributed by atoms with Crippen LogP contribution in [0.25, 0.3) is 0 Å². The molecular formula is C15H20N4OS. The molecule has 0 aliphatic carbocycles. The summed E-state index contributed by atoms with van der Waals surface area (Å²) in [5, 5.41) is 9.97. The van der Waals surface area contributed by atoms with Crippen LogP contribution < -0.4 is 10.6 Å². The molecule has 0 radical (unpaired) electrons. The second-order valence-electron chi connectivity index (χ2n) is 5.15. The van der Waals surface area contributed by atoms with Gasteiger partial charge >= 0.3 is 0 Å². The molecule has 21 heavy (non-hydrogen) atoms. The minimum absolute atomic E-state index is 0.0501. The van der Waals surface area contributed by atoms with Crippen molar-refractivity contribution < 1.29 is 4.79 Å². The first-order chi connectivity index (χ1) is 10.0. The standard InChI is InChI=1S/C15H20N4OS/c1-9(2)14-17-7-12(16-4)13(19-14)15(20)18-10(3)11-5-6-21-8-11/h5-10,16H,1-4H3,(H,18,20). The summed E-state index contributed by atoms with van der Waals surface area (Å²) >= 11 is 1.62. The molecule has 2 aromatic heterocycles. The van der Waals surface area contributed by atoms with Gasteiger partial charge in [-0.05, 0) is 29.3 Å². The molecule has 1 amide bonds. The Morgan fingerprint density at radius 2 is 2.10 bits per heavy atom. The number of amides is 1. The third-order valence-electron chi connectivity index (χ3n) is 3.20. The molecule has 2 rings (SSSR count). The fraction of sp³-hybridized carbons (Fsp3) is 0.400. The molecule has 1 atom stereocenters. The van der Waals surface area contributed by atoms with Crippen molar-refractivity contribution in [3.05, 3.63) is 40.1 Å². The number of nitrogens with zero attached hydrogens (tertiary/aromatic N) is 2. The first-order valence-electron chi connectivity index (χ1n) is 6.90. The van der Waals surface area contributed by atoms with E-state index in [2.05, 4.69) is 20.6 Å². The summed E-state index contributed by atoms with van der Waals surface area (Å²) in [6.07, 6.45) is 1.66. The van der Waals surface area contributed by atoms with Crippen LogP contribution in [0, 0.1) is 0 Å². The van der Waals surface area contributed by atoms with E-state index in [4.69, 9.17) is 0 Å². The number of carbonyl (C=O) groups excluding carboxylic acids is 1. The third kappa shape index (κ3) is 3.58. The van der Waals surface area contributed by atoms with Crippen LogP contribution in [0.5, 0.6) is 0 Å². The SMILES string of the molecule is CNc1cnc(C(C)C)nc1C(=O)NC(C)c1ccsc1. The minimum Gasteiger partial charge on any atom is -0.385 e. The zero-order valence-corrected chi connectivity index (χ0v) is 13.5. The molecule has 2 aromatic rings. The van der Waals surface area contributed by atoms with Crippen LogP contribution in [0.4, 0.5) is 5.69 Å². The van der Waals surface area contributed by atoms with Gasteiger partial charge in [0.2, 0.25) is 0 Å². The van der Waals surface area contributed by atoms with E-state index in [9.17, 15) is 4.79 Å². The molecular weight excluding hydrogens is 284 g/mol. The summed E-state index contributed by atoms with van der Waals surface area (Å²) in [5.41, 5.74) is 2.12. The maximum Gasteiger partial charge on any atom is 0.272 e. The Bertz CT molecular complexity index is 610. The van der Waals surface area contributed by atoms with E-state index in [0.29, 0.717) is 17.2 Å². The summed E-state index contributed by atoms with van der Waals surface area (Å²) in [5.74, 6) is 0.654. The maximum atomic E-state index is 12.5. The Kier molecular flexibility index (Phi) is 4.90. The molecule has 1 unspecified atom stereocenters. The number of thiophene rings is 1. The van der Waals surface area contributed by atoms with Crippen LogP contribution in [0.1, 0.15) is 54.6 Å². The highest BCUT2D eigenvalue weighted by Crippen LogP contribution is 2.19. The van der Waals surface area contributed by atoms with E-state index in [0.717, 1.165) is 5.56 Å². The second-order valence-corrected chi connectivity index (χ2v) is 5.93. The summed E-state index contributed by atoms with van der Waals surface area (Å²) in [4.78, 5) is 21.1. The Balaban J connectivity index is 2.23. The second kappa shape index (κ2) is 6.67. The summed E-state index contributed by atoms with van der Waals surface area (Å²) in [6.45, 7) is 5.97. The van der Waals surface area contributed by atoms with E-state index in [1.54, 1.807) is 24.6 Å². The monoisotopic (exact) mass is 304 g/mol. The van der Waals surface area contributed by atoms with Crippen molar-refractivity contribution in [2.75, 3.05) is 12.4 Å². The number of carbonyl (C=O) groups is 1. The highest BCUT2D eigenvalue weighted by Gasteiger charge is 2.18. The molecule has 2 heterocycles. The van der Waals surface area contributed by atoms with Gasteiger partial charge in [-0.25, -0.2) is 9.97 Å². The van der Waals surface area contributed by atoms with Crippen LogP contribution in [0.3, 0.4) is 0 Å². The number of hydrogen-bond donors (Lipinski definition) is 2. The van der Waals surface area contributed by atoms with E-state index in [-0.39, 0.29) is 17.9 Å². The van der Waals surface area contributed by atoms with Crippen LogP contribution >= 0.6 is 11.3 Å². The summed E-state index contributed by atoms with van der Waals surface area (Å²) < 4.78 is 0. The highest BCUT2D eigenvalue weighted by molar-refractivity contribution is 7.07. The molecule has 0 fully saturated rings. The van der Waals surface area contributed by atoms with Gasteiger partial charge in [0.05, 0.1) is 17.9 Å². The van der Waals surface area contributed by atoms with Gasteiger partial charge in [0.1, 0.15) is 5.82 Å². The Morgan fingerprint density at radius 3 is 2.67 bits per heavy atom. The van der Waals surface area contributed by atoms with Gasteiger partial charge in [-0.15, -0.1) is 0 Å². The van der Waals surface area contributed by atoms with Crippen LogP contribution in [0.2, 0.25) is 0 Å². The molecule has 0 saturated heterocycles. The van der Waals surface area contributed by atoms with Gasteiger partial charge in [-0.1, -0.05) is 13.8 Å². The quantitative estimate of drug-likeness (QED) is 0.890. The highest BCUT2D eigenvalue weighted by atomic mass is 32.1. The van der Waals surface area contributed by atoms with Gasteiger partial charge in [0.15, 0.2) is 5.69 Å². The van der Waals surface area contributed by atoms with Gasteiger partial charge in [-0.2, -0.15) is 11.3 Å². The smallest absolute Gasteiger partial charge is 0.272 e. The lowest BCUT2D eigenvalue weighted by atomic mass is 10.1. The first kappa shape index (κ1) is 15.4. The molecule has 0 aromatic carbocycles. The lowest BCUT2D eigenvalue weighted by Gasteiger charge is -2.15. The zero-order valence-electron chi connectivity index (χ0n) is 12.7. The molecule has 0 spiro atoms. The van der Waals surface area contributed by atoms with E-state index in [1.165, 1.54) is 0 Å². The van der Waals surface area contributed by atoms with Crippen molar-refractivity contribution in [1.82, 2.24) is 15.3 Å². The van der Waals surface area contributed by atoms with Crippen LogP contribution in [0.15, 0.2) is 23.0 Å².